The normalized spacial score (nSPS) is 16.2. The second-order valence-electron chi connectivity index (χ2n) is 6.01. The molecule has 1 N–H and O–H groups in total. The van der Waals surface area contributed by atoms with Crippen molar-refractivity contribution in [1.29, 1.82) is 0 Å². The van der Waals surface area contributed by atoms with Crippen LogP contribution in [-0.2, 0) is 6.54 Å². The van der Waals surface area contributed by atoms with Gasteiger partial charge in [0, 0.05) is 43.8 Å². The molecule has 1 saturated heterocycles. The summed E-state index contributed by atoms with van der Waals surface area (Å²) in [4.78, 5) is 16.7. The van der Waals surface area contributed by atoms with Crippen molar-refractivity contribution in [1.82, 2.24) is 15.0 Å². The van der Waals surface area contributed by atoms with Crippen molar-refractivity contribution in [2.75, 3.05) is 26.2 Å². The number of phenols is 1. The van der Waals surface area contributed by atoms with Gasteiger partial charge >= 0.3 is 0 Å². The molecule has 0 saturated carbocycles. The lowest BCUT2D eigenvalue weighted by Crippen LogP contribution is -2.35. The first kappa shape index (κ1) is 16.8. The molecule has 1 aromatic heterocycles. The summed E-state index contributed by atoms with van der Waals surface area (Å²) < 4.78 is 5.10. The Morgan fingerprint density at radius 1 is 1.29 bits per heavy atom. The zero-order valence-corrected chi connectivity index (χ0v) is 14.3. The van der Waals surface area contributed by atoms with E-state index in [0.29, 0.717) is 24.7 Å². The third-order valence-electron chi connectivity index (χ3n) is 4.13. The molecule has 0 radical (unpaired) electrons. The third-order valence-corrected chi connectivity index (χ3v) is 4.36. The number of hydrogen-bond acceptors (Lipinski definition) is 5. The van der Waals surface area contributed by atoms with Crippen molar-refractivity contribution in [2.24, 2.45) is 0 Å². The predicted molar refractivity (Wildman–Crippen MR) is 90.2 cm³/mol. The Hall–Kier alpha value is -2.05. The minimum atomic E-state index is -0.186. The number of aryl methyl sites for hydroxylation is 1. The Morgan fingerprint density at radius 3 is 2.88 bits per heavy atom. The summed E-state index contributed by atoms with van der Waals surface area (Å²) in [5, 5.41) is 14.4. The molecule has 1 aromatic carbocycles. The summed E-state index contributed by atoms with van der Waals surface area (Å²) >= 11 is 5.94. The molecule has 1 aliphatic heterocycles. The van der Waals surface area contributed by atoms with Gasteiger partial charge in [0.1, 0.15) is 11.5 Å². The van der Waals surface area contributed by atoms with Crippen LogP contribution in [-0.4, -0.2) is 52.1 Å². The Balaban J connectivity index is 1.64. The van der Waals surface area contributed by atoms with Gasteiger partial charge < -0.3 is 14.5 Å². The number of carbonyl (C=O) groups is 1. The number of nitrogens with zero attached hydrogens (tertiary/aromatic N) is 3. The zero-order chi connectivity index (χ0) is 17.1. The molecule has 128 valence electrons. The van der Waals surface area contributed by atoms with Gasteiger partial charge in [-0.3, -0.25) is 9.69 Å². The summed E-state index contributed by atoms with van der Waals surface area (Å²) in [5.41, 5.74) is 1.16. The smallest absolute Gasteiger partial charge is 0.257 e. The molecule has 0 unspecified atom stereocenters. The third kappa shape index (κ3) is 3.88. The zero-order valence-electron chi connectivity index (χ0n) is 13.5. The highest BCUT2D eigenvalue weighted by Gasteiger charge is 2.23. The Labute approximate surface area is 145 Å². The number of rotatable bonds is 3. The van der Waals surface area contributed by atoms with E-state index < -0.39 is 0 Å². The minimum Gasteiger partial charge on any atom is -0.507 e. The van der Waals surface area contributed by atoms with Crippen LogP contribution in [0.1, 0.15) is 28.2 Å². The van der Waals surface area contributed by atoms with Crippen LogP contribution in [0.25, 0.3) is 0 Å². The molecule has 0 bridgehead atoms. The van der Waals surface area contributed by atoms with Gasteiger partial charge in [-0.05, 0) is 31.5 Å². The van der Waals surface area contributed by atoms with E-state index in [0.717, 1.165) is 31.0 Å². The van der Waals surface area contributed by atoms with Crippen LogP contribution in [0.4, 0.5) is 0 Å². The molecular formula is C17H20ClN3O3. The standard InChI is InChI=1S/C17H20ClN3O3/c1-12-9-14(19-24-12)11-20-5-2-6-21(8-7-20)17(23)15-10-13(18)3-4-16(15)22/h3-4,9-10,22H,2,5-8,11H2,1H3. The summed E-state index contributed by atoms with van der Waals surface area (Å²) in [6.07, 6.45) is 0.865. The van der Waals surface area contributed by atoms with Crippen molar-refractivity contribution >= 4 is 17.5 Å². The molecule has 2 heterocycles. The molecule has 1 fully saturated rings. The number of aromatic nitrogens is 1. The first-order valence-electron chi connectivity index (χ1n) is 7.95. The van der Waals surface area contributed by atoms with Gasteiger partial charge in [-0.1, -0.05) is 16.8 Å². The SMILES string of the molecule is Cc1cc(CN2CCCN(C(=O)c3cc(Cl)ccc3O)CC2)no1. The largest absolute Gasteiger partial charge is 0.507 e. The molecule has 1 aliphatic rings. The molecule has 3 rings (SSSR count). The van der Waals surface area contributed by atoms with Crippen LogP contribution >= 0.6 is 11.6 Å². The lowest BCUT2D eigenvalue weighted by Gasteiger charge is -2.22. The number of phenolic OH excluding ortho intramolecular Hbond substituents is 1. The highest BCUT2D eigenvalue weighted by Crippen LogP contribution is 2.23. The van der Waals surface area contributed by atoms with E-state index in [9.17, 15) is 9.90 Å². The number of aromatic hydroxyl groups is 1. The fraction of sp³-hybridized carbons (Fsp3) is 0.412. The second kappa shape index (κ2) is 7.23. The molecular weight excluding hydrogens is 330 g/mol. The number of carbonyl (C=O) groups excluding carboxylic acids is 1. The molecule has 0 aliphatic carbocycles. The number of amides is 1. The molecule has 1 amide bonds. The molecule has 7 heteroatoms. The van der Waals surface area contributed by atoms with E-state index >= 15 is 0 Å². The van der Waals surface area contributed by atoms with Crippen molar-refractivity contribution in [3.63, 3.8) is 0 Å². The average Bonchev–Trinajstić information content (AvgIpc) is 2.82. The van der Waals surface area contributed by atoms with E-state index in [-0.39, 0.29) is 17.2 Å². The fourth-order valence-corrected chi connectivity index (χ4v) is 3.08. The second-order valence-corrected chi connectivity index (χ2v) is 6.45. The van der Waals surface area contributed by atoms with Crippen LogP contribution < -0.4 is 0 Å². The van der Waals surface area contributed by atoms with Crippen LogP contribution in [0, 0.1) is 6.92 Å². The average molecular weight is 350 g/mol. The van der Waals surface area contributed by atoms with E-state index in [2.05, 4.69) is 10.1 Å². The number of hydrogen-bond donors (Lipinski definition) is 1. The molecule has 2 aromatic rings. The fourth-order valence-electron chi connectivity index (χ4n) is 2.90. The lowest BCUT2D eigenvalue weighted by molar-refractivity contribution is 0.0758. The van der Waals surface area contributed by atoms with Crippen LogP contribution in [0.3, 0.4) is 0 Å². The topological polar surface area (TPSA) is 69.8 Å². The van der Waals surface area contributed by atoms with Crippen molar-refractivity contribution in [3.05, 3.63) is 46.3 Å². The molecule has 0 atom stereocenters. The predicted octanol–water partition coefficient (Wildman–Crippen LogP) is 2.69. The highest BCUT2D eigenvalue weighted by molar-refractivity contribution is 6.31. The van der Waals surface area contributed by atoms with Crippen molar-refractivity contribution < 1.29 is 14.4 Å². The summed E-state index contributed by atoms with van der Waals surface area (Å²) in [7, 11) is 0. The maximum Gasteiger partial charge on any atom is 0.257 e. The van der Waals surface area contributed by atoms with E-state index in [1.807, 2.05) is 13.0 Å². The van der Waals surface area contributed by atoms with Gasteiger partial charge in [0.15, 0.2) is 0 Å². The first-order chi connectivity index (χ1) is 11.5. The highest BCUT2D eigenvalue weighted by atomic mass is 35.5. The Morgan fingerprint density at radius 2 is 2.12 bits per heavy atom. The van der Waals surface area contributed by atoms with Gasteiger partial charge in [-0.2, -0.15) is 0 Å². The summed E-state index contributed by atoms with van der Waals surface area (Å²) in [6, 6.07) is 6.46. The quantitative estimate of drug-likeness (QED) is 0.922. The van der Waals surface area contributed by atoms with Gasteiger partial charge in [-0.15, -0.1) is 0 Å². The lowest BCUT2D eigenvalue weighted by atomic mass is 10.1. The number of benzene rings is 1. The maximum absolute atomic E-state index is 12.7. The van der Waals surface area contributed by atoms with Crippen LogP contribution in [0.5, 0.6) is 5.75 Å². The van der Waals surface area contributed by atoms with Crippen molar-refractivity contribution in [2.45, 2.75) is 19.9 Å². The molecule has 6 nitrogen and oxygen atoms in total. The summed E-state index contributed by atoms with van der Waals surface area (Å²) in [5.74, 6) is 0.575. The van der Waals surface area contributed by atoms with E-state index in [4.69, 9.17) is 16.1 Å². The van der Waals surface area contributed by atoms with E-state index in [1.54, 1.807) is 11.0 Å². The van der Waals surface area contributed by atoms with E-state index in [1.165, 1.54) is 12.1 Å². The van der Waals surface area contributed by atoms with Gasteiger partial charge in [0.2, 0.25) is 0 Å². The van der Waals surface area contributed by atoms with Crippen LogP contribution in [0.15, 0.2) is 28.8 Å². The summed E-state index contributed by atoms with van der Waals surface area (Å²) in [6.45, 7) is 5.47. The minimum absolute atomic E-state index is 0.0384. The monoisotopic (exact) mass is 349 g/mol. The van der Waals surface area contributed by atoms with Crippen LogP contribution in [0.2, 0.25) is 5.02 Å². The van der Waals surface area contributed by atoms with Gasteiger partial charge in [0.05, 0.1) is 11.3 Å². The Bertz CT molecular complexity index is 732. The number of halogens is 1. The maximum atomic E-state index is 12.7. The molecule has 24 heavy (non-hydrogen) atoms. The first-order valence-corrected chi connectivity index (χ1v) is 8.33. The van der Waals surface area contributed by atoms with Crippen molar-refractivity contribution in [3.8, 4) is 5.75 Å². The van der Waals surface area contributed by atoms with Gasteiger partial charge in [-0.25, -0.2) is 0 Å². The molecule has 0 spiro atoms. The Kier molecular flexibility index (Phi) is 5.06. The van der Waals surface area contributed by atoms with Gasteiger partial charge in [0.25, 0.3) is 5.91 Å².